The molecule has 0 spiro atoms. The average molecular weight is 221 g/mol. The minimum atomic E-state index is 0.496. The lowest BCUT2D eigenvalue weighted by Crippen LogP contribution is -2.21. The van der Waals surface area contributed by atoms with Gasteiger partial charge < -0.3 is 14.8 Å². The van der Waals surface area contributed by atoms with E-state index >= 15 is 0 Å². The van der Waals surface area contributed by atoms with E-state index in [2.05, 4.69) is 31.3 Å². The zero-order valence-electron chi connectivity index (χ0n) is 9.95. The quantitative estimate of drug-likeness (QED) is 0.850. The summed E-state index contributed by atoms with van der Waals surface area (Å²) in [7, 11) is 0. The fourth-order valence-corrected chi connectivity index (χ4v) is 1.64. The normalized spacial score (nSPS) is 14.9. The van der Waals surface area contributed by atoms with Crippen LogP contribution in [0.3, 0.4) is 0 Å². The van der Waals surface area contributed by atoms with E-state index < -0.39 is 0 Å². The molecule has 0 aromatic heterocycles. The lowest BCUT2D eigenvalue weighted by Gasteiger charge is -2.11. The molecule has 1 aromatic rings. The third-order valence-corrected chi connectivity index (χ3v) is 2.53. The van der Waals surface area contributed by atoms with Crippen molar-refractivity contribution in [2.45, 2.75) is 32.9 Å². The Morgan fingerprint density at radius 1 is 1.19 bits per heavy atom. The van der Waals surface area contributed by atoms with Crippen LogP contribution in [0.5, 0.6) is 11.5 Å². The van der Waals surface area contributed by atoms with Crippen LogP contribution in [0.25, 0.3) is 0 Å². The molecule has 1 N–H and O–H groups in total. The van der Waals surface area contributed by atoms with Crippen LogP contribution < -0.4 is 14.8 Å². The molecule has 16 heavy (non-hydrogen) atoms. The van der Waals surface area contributed by atoms with Crippen LogP contribution in [-0.2, 0) is 6.54 Å². The number of hydrogen-bond donors (Lipinski definition) is 1. The molecule has 0 aliphatic carbocycles. The summed E-state index contributed by atoms with van der Waals surface area (Å²) in [5.41, 5.74) is 1.23. The van der Waals surface area contributed by atoms with Crippen LogP contribution in [0.1, 0.15) is 25.8 Å². The smallest absolute Gasteiger partial charge is 0.161 e. The van der Waals surface area contributed by atoms with Crippen molar-refractivity contribution in [3.8, 4) is 11.5 Å². The summed E-state index contributed by atoms with van der Waals surface area (Å²) in [4.78, 5) is 0. The zero-order valence-corrected chi connectivity index (χ0v) is 9.95. The summed E-state index contributed by atoms with van der Waals surface area (Å²) in [6.07, 6.45) is 0.953. The highest BCUT2D eigenvalue weighted by Crippen LogP contribution is 2.30. The highest BCUT2D eigenvalue weighted by atomic mass is 16.5. The average Bonchev–Trinajstić information content (AvgIpc) is 2.50. The van der Waals surface area contributed by atoms with Crippen LogP contribution in [0.15, 0.2) is 18.2 Å². The Labute approximate surface area is 96.8 Å². The summed E-state index contributed by atoms with van der Waals surface area (Å²) in [5, 5.41) is 3.39. The Balaban J connectivity index is 2.08. The van der Waals surface area contributed by atoms with Crippen LogP contribution in [0, 0.1) is 0 Å². The topological polar surface area (TPSA) is 30.5 Å². The number of rotatable bonds is 3. The van der Waals surface area contributed by atoms with Crippen molar-refractivity contribution in [2.75, 3.05) is 13.2 Å². The van der Waals surface area contributed by atoms with Gasteiger partial charge in [0.15, 0.2) is 11.5 Å². The second-order valence-electron chi connectivity index (χ2n) is 4.37. The van der Waals surface area contributed by atoms with E-state index in [1.807, 2.05) is 6.07 Å². The SMILES string of the molecule is CC(C)NCc1ccc2c(c1)OCCCO2. The molecule has 0 bridgehead atoms. The van der Waals surface area contributed by atoms with Gasteiger partial charge in [-0.2, -0.15) is 0 Å². The van der Waals surface area contributed by atoms with Gasteiger partial charge in [0.2, 0.25) is 0 Å². The van der Waals surface area contributed by atoms with E-state index in [9.17, 15) is 0 Å². The van der Waals surface area contributed by atoms with E-state index in [-0.39, 0.29) is 0 Å². The number of nitrogens with one attached hydrogen (secondary N) is 1. The highest BCUT2D eigenvalue weighted by molar-refractivity contribution is 5.43. The molecule has 2 rings (SSSR count). The molecule has 1 heterocycles. The Bertz CT molecular complexity index is 350. The minimum absolute atomic E-state index is 0.496. The summed E-state index contributed by atoms with van der Waals surface area (Å²) in [6.45, 7) is 6.64. The van der Waals surface area contributed by atoms with E-state index in [1.165, 1.54) is 5.56 Å². The Hall–Kier alpha value is -1.22. The Kier molecular flexibility index (Phi) is 3.67. The predicted molar refractivity (Wildman–Crippen MR) is 64.0 cm³/mol. The van der Waals surface area contributed by atoms with Gasteiger partial charge in [0.05, 0.1) is 13.2 Å². The van der Waals surface area contributed by atoms with Crippen LogP contribution >= 0.6 is 0 Å². The maximum absolute atomic E-state index is 5.64. The van der Waals surface area contributed by atoms with Crippen LogP contribution in [0.2, 0.25) is 0 Å². The van der Waals surface area contributed by atoms with Crippen molar-refractivity contribution in [1.29, 1.82) is 0 Å². The predicted octanol–water partition coefficient (Wildman–Crippen LogP) is 2.35. The van der Waals surface area contributed by atoms with E-state index in [0.29, 0.717) is 6.04 Å². The summed E-state index contributed by atoms with van der Waals surface area (Å²) in [6, 6.07) is 6.65. The van der Waals surface area contributed by atoms with Gasteiger partial charge in [-0.3, -0.25) is 0 Å². The first-order valence-corrected chi connectivity index (χ1v) is 5.87. The standard InChI is InChI=1S/C13H19NO2/c1-10(2)14-9-11-4-5-12-13(8-11)16-7-3-6-15-12/h4-5,8,10,14H,3,6-7,9H2,1-2H3. The first kappa shape index (κ1) is 11.3. The number of fused-ring (bicyclic) bond motifs is 1. The lowest BCUT2D eigenvalue weighted by atomic mass is 10.2. The lowest BCUT2D eigenvalue weighted by molar-refractivity contribution is 0.297. The van der Waals surface area contributed by atoms with Gasteiger partial charge in [-0.15, -0.1) is 0 Å². The van der Waals surface area contributed by atoms with Crippen LogP contribution in [0.4, 0.5) is 0 Å². The molecule has 1 aliphatic heterocycles. The highest BCUT2D eigenvalue weighted by Gasteiger charge is 2.10. The molecule has 1 aliphatic rings. The molecule has 0 atom stereocenters. The fraction of sp³-hybridized carbons (Fsp3) is 0.538. The maximum atomic E-state index is 5.64. The van der Waals surface area contributed by atoms with Crippen molar-refractivity contribution < 1.29 is 9.47 Å². The molecule has 3 heteroatoms. The van der Waals surface area contributed by atoms with Crippen molar-refractivity contribution in [1.82, 2.24) is 5.32 Å². The second-order valence-corrected chi connectivity index (χ2v) is 4.37. The van der Waals surface area contributed by atoms with Gasteiger partial charge in [-0.1, -0.05) is 19.9 Å². The van der Waals surface area contributed by atoms with Gasteiger partial charge in [-0.25, -0.2) is 0 Å². The molecule has 0 saturated carbocycles. The molecule has 0 amide bonds. The summed E-state index contributed by atoms with van der Waals surface area (Å²) >= 11 is 0. The first-order chi connectivity index (χ1) is 7.75. The third-order valence-electron chi connectivity index (χ3n) is 2.53. The molecule has 0 fully saturated rings. The van der Waals surface area contributed by atoms with Gasteiger partial charge in [0.25, 0.3) is 0 Å². The van der Waals surface area contributed by atoms with Crippen molar-refractivity contribution in [3.63, 3.8) is 0 Å². The molecular formula is C13H19NO2. The molecule has 0 saturated heterocycles. The number of ether oxygens (including phenoxy) is 2. The van der Waals surface area contributed by atoms with Gasteiger partial charge in [-0.05, 0) is 17.7 Å². The number of hydrogen-bond acceptors (Lipinski definition) is 3. The largest absolute Gasteiger partial charge is 0.490 e. The Morgan fingerprint density at radius 2 is 1.94 bits per heavy atom. The van der Waals surface area contributed by atoms with E-state index in [1.54, 1.807) is 0 Å². The second kappa shape index (κ2) is 5.21. The first-order valence-electron chi connectivity index (χ1n) is 5.87. The molecule has 0 radical (unpaired) electrons. The van der Waals surface area contributed by atoms with Gasteiger partial charge in [0.1, 0.15) is 0 Å². The molecule has 3 nitrogen and oxygen atoms in total. The molecule has 88 valence electrons. The molecular weight excluding hydrogens is 202 g/mol. The molecule has 0 unspecified atom stereocenters. The fourth-order valence-electron chi connectivity index (χ4n) is 1.64. The Morgan fingerprint density at radius 3 is 2.69 bits per heavy atom. The van der Waals surface area contributed by atoms with E-state index in [4.69, 9.17) is 9.47 Å². The summed E-state index contributed by atoms with van der Waals surface area (Å²) < 4.78 is 11.2. The van der Waals surface area contributed by atoms with Crippen molar-refractivity contribution in [2.24, 2.45) is 0 Å². The zero-order chi connectivity index (χ0) is 11.4. The monoisotopic (exact) mass is 221 g/mol. The summed E-state index contributed by atoms with van der Waals surface area (Å²) in [5.74, 6) is 1.74. The van der Waals surface area contributed by atoms with Crippen molar-refractivity contribution >= 4 is 0 Å². The third kappa shape index (κ3) is 2.89. The van der Waals surface area contributed by atoms with Crippen molar-refractivity contribution in [3.05, 3.63) is 23.8 Å². The molecule has 1 aromatic carbocycles. The number of benzene rings is 1. The van der Waals surface area contributed by atoms with Gasteiger partial charge in [0, 0.05) is 19.0 Å². The minimum Gasteiger partial charge on any atom is -0.490 e. The maximum Gasteiger partial charge on any atom is 0.161 e. The van der Waals surface area contributed by atoms with E-state index in [0.717, 1.165) is 37.7 Å². The van der Waals surface area contributed by atoms with Crippen LogP contribution in [-0.4, -0.2) is 19.3 Å². The van der Waals surface area contributed by atoms with Gasteiger partial charge >= 0.3 is 0 Å².